The number of carbonyl (C=O) groups excluding carboxylic acids is 2. The number of benzene rings is 2. The Labute approximate surface area is 157 Å². The van der Waals surface area contributed by atoms with Gasteiger partial charge in [-0.15, -0.1) is 11.8 Å². The largest absolute Gasteiger partial charge is 0.341 e. The average molecular weight is 390 g/mol. The van der Waals surface area contributed by atoms with Crippen LogP contribution in [0.4, 0.5) is 10.1 Å². The molecule has 2 amide bonds. The maximum Gasteiger partial charge on any atom is 0.247 e. The van der Waals surface area contributed by atoms with E-state index < -0.39 is 11.1 Å². The molecule has 5 nitrogen and oxygen atoms in total. The summed E-state index contributed by atoms with van der Waals surface area (Å²) in [5.74, 6) is -0.000244. The van der Waals surface area contributed by atoms with Gasteiger partial charge in [0.25, 0.3) is 0 Å². The van der Waals surface area contributed by atoms with E-state index in [1.165, 1.54) is 23.9 Å². The number of aromatic nitrogens is 2. The van der Waals surface area contributed by atoms with Crippen LogP contribution in [-0.2, 0) is 15.3 Å². The van der Waals surface area contributed by atoms with Crippen LogP contribution in [0.3, 0.4) is 0 Å². The molecule has 2 aromatic carbocycles. The van der Waals surface area contributed by atoms with Crippen LogP contribution in [0.1, 0.15) is 12.2 Å². The van der Waals surface area contributed by atoms with Crippen molar-refractivity contribution in [3.8, 4) is 0 Å². The molecule has 0 bridgehead atoms. The van der Waals surface area contributed by atoms with Crippen molar-refractivity contribution in [1.29, 1.82) is 0 Å². The van der Waals surface area contributed by atoms with E-state index in [4.69, 9.17) is 11.6 Å². The van der Waals surface area contributed by atoms with Gasteiger partial charge in [0, 0.05) is 6.42 Å². The van der Waals surface area contributed by atoms with Gasteiger partial charge in [-0.25, -0.2) is 14.3 Å². The Morgan fingerprint density at radius 2 is 2.08 bits per heavy atom. The molecule has 1 atom stereocenters. The molecule has 8 heteroatoms. The summed E-state index contributed by atoms with van der Waals surface area (Å²) < 4.78 is 13.3. The molecule has 1 aliphatic heterocycles. The zero-order chi connectivity index (χ0) is 18.3. The highest BCUT2D eigenvalue weighted by Crippen LogP contribution is 2.32. The second-order valence-corrected chi connectivity index (χ2v) is 7.47. The van der Waals surface area contributed by atoms with Gasteiger partial charge in [-0.1, -0.05) is 23.7 Å². The predicted molar refractivity (Wildman–Crippen MR) is 99.7 cm³/mol. The van der Waals surface area contributed by atoms with Crippen molar-refractivity contribution < 1.29 is 14.0 Å². The number of imidazole rings is 1. The summed E-state index contributed by atoms with van der Waals surface area (Å²) in [4.78, 5) is 33.6. The van der Waals surface area contributed by atoms with Crippen LogP contribution in [-0.4, -0.2) is 27.0 Å². The molecular weight excluding hydrogens is 377 g/mol. The molecule has 2 heterocycles. The highest BCUT2D eigenvalue weighted by molar-refractivity contribution is 7.99. The van der Waals surface area contributed by atoms with Gasteiger partial charge in [0.2, 0.25) is 11.8 Å². The molecule has 1 N–H and O–H groups in total. The minimum atomic E-state index is -0.592. The minimum absolute atomic E-state index is 0.0960. The second-order valence-electron chi connectivity index (χ2n) is 5.87. The summed E-state index contributed by atoms with van der Waals surface area (Å²) in [6.45, 7) is 0. The van der Waals surface area contributed by atoms with Gasteiger partial charge in [-0.3, -0.25) is 9.59 Å². The number of hydrogen-bond acceptors (Lipinski definition) is 4. The number of imide groups is 1. The maximum atomic E-state index is 13.3. The van der Waals surface area contributed by atoms with Gasteiger partial charge in [0.05, 0.1) is 32.7 Å². The van der Waals surface area contributed by atoms with Crippen LogP contribution in [0.25, 0.3) is 11.0 Å². The van der Waals surface area contributed by atoms with Crippen molar-refractivity contribution in [1.82, 2.24) is 9.97 Å². The Morgan fingerprint density at radius 3 is 2.85 bits per heavy atom. The Kier molecular flexibility index (Phi) is 4.42. The van der Waals surface area contributed by atoms with Crippen molar-refractivity contribution in [2.75, 3.05) is 4.90 Å². The molecule has 1 aliphatic rings. The van der Waals surface area contributed by atoms with E-state index >= 15 is 0 Å². The third kappa shape index (κ3) is 3.08. The first-order valence-corrected chi connectivity index (χ1v) is 9.32. The van der Waals surface area contributed by atoms with Crippen LogP contribution in [0, 0.1) is 5.82 Å². The normalized spacial score (nSPS) is 17.5. The van der Waals surface area contributed by atoms with Gasteiger partial charge in [-0.2, -0.15) is 0 Å². The van der Waals surface area contributed by atoms with E-state index in [-0.39, 0.29) is 23.3 Å². The summed E-state index contributed by atoms with van der Waals surface area (Å²) in [7, 11) is 0. The number of hydrogen-bond donors (Lipinski definition) is 1. The van der Waals surface area contributed by atoms with Crippen LogP contribution < -0.4 is 4.90 Å². The third-order valence-electron chi connectivity index (χ3n) is 4.13. The van der Waals surface area contributed by atoms with Gasteiger partial charge in [-0.05, 0) is 30.3 Å². The number of fused-ring (bicyclic) bond motifs is 1. The highest BCUT2D eigenvalue weighted by atomic mass is 35.5. The number of rotatable bonds is 4. The number of nitrogens with zero attached hydrogens (tertiary/aromatic N) is 2. The van der Waals surface area contributed by atoms with E-state index in [9.17, 15) is 14.0 Å². The summed E-state index contributed by atoms with van der Waals surface area (Å²) in [5.41, 5.74) is 2.08. The van der Waals surface area contributed by atoms with Crippen molar-refractivity contribution in [3.05, 3.63) is 59.1 Å². The number of thioether (sulfide) groups is 1. The van der Waals surface area contributed by atoms with Crippen molar-refractivity contribution >= 4 is 51.9 Å². The molecule has 0 unspecified atom stereocenters. The molecule has 26 heavy (non-hydrogen) atoms. The minimum Gasteiger partial charge on any atom is -0.341 e. The number of amides is 2. The molecule has 1 saturated heterocycles. The zero-order valence-electron chi connectivity index (χ0n) is 13.4. The molecule has 0 spiro atoms. The van der Waals surface area contributed by atoms with Crippen LogP contribution in [0.5, 0.6) is 0 Å². The number of para-hydroxylation sites is 2. The van der Waals surface area contributed by atoms with E-state index in [0.29, 0.717) is 11.4 Å². The van der Waals surface area contributed by atoms with Crippen molar-refractivity contribution in [3.63, 3.8) is 0 Å². The lowest BCUT2D eigenvalue weighted by Crippen LogP contribution is -2.31. The standard InChI is InChI=1S/C18H13ClFN3O2S/c19-11-7-10(5-6-12(11)20)23-17(24)8-15(18(23)25)26-9-16-21-13-3-1-2-4-14(13)22-16/h1-7,15H,8-9H2,(H,21,22)/t15-/m0/s1. The van der Waals surface area contributed by atoms with Gasteiger partial charge >= 0.3 is 0 Å². The van der Waals surface area contributed by atoms with Crippen molar-refractivity contribution in [2.45, 2.75) is 17.4 Å². The number of nitrogens with one attached hydrogen (secondary N) is 1. The van der Waals surface area contributed by atoms with E-state index in [2.05, 4.69) is 9.97 Å². The number of anilines is 1. The fourth-order valence-electron chi connectivity index (χ4n) is 2.88. The molecular formula is C18H13ClFN3O2S. The molecule has 1 aromatic heterocycles. The number of aromatic amines is 1. The molecule has 132 valence electrons. The molecule has 0 radical (unpaired) electrons. The van der Waals surface area contributed by atoms with E-state index in [1.807, 2.05) is 24.3 Å². The van der Waals surface area contributed by atoms with E-state index in [0.717, 1.165) is 27.8 Å². The predicted octanol–water partition coefficient (Wildman–Crippen LogP) is 3.92. The third-order valence-corrected chi connectivity index (χ3v) is 5.63. The fourth-order valence-corrected chi connectivity index (χ4v) is 4.06. The monoisotopic (exact) mass is 389 g/mol. The van der Waals surface area contributed by atoms with Gasteiger partial charge < -0.3 is 4.98 Å². The number of halogens is 2. The molecule has 0 aliphatic carbocycles. The van der Waals surface area contributed by atoms with Crippen LogP contribution in [0.15, 0.2) is 42.5 Å². The smallest absolute Gasteiger partial charge is 0.247 e. The Hall–Kier alpha value is -2.38. The number of carbonyl (C=O) groups is 2. The van der Waals surface area contributed by atoms with Crippen LogP contribution in [0.2, 0.25) is 5.02 Å². The summed E-state index contributed by atoms with van der Waals surface area (Å²) >= 11 is 7.12. The Morgan fingerprint density at radius 1 is 1.27 bits per heavy atom. The molecule has 0 saturated carbocycles. The summed E-state index contributed by atoms with van der Waals surface area (Å²) in [6, 6.07) is 11.5. The van der Waals surface area contributed by atoms with Crippen molar-refractivity contribution in [2.24, 2.45) is 0 Å². The lowest BCUT2D eigenvalue weighted by molar-refractivity contribution is -0.121. The first-order valence-electron chi connectivity index (χ1n) is 7.90. The quantitative estimate of drug-likeness (QED) is 0.687. The van der Waals surface area contributed by atoms with Gasteiger partial charge in [0.15, 0.2) is 0 Å². The topological polar surface area (TPSA) is 66.1 Å². The maximum absolute atomic E-state index is 13.3. The second kappa shape index (κ2) is 6.74. The van der Waals surface area contributed by atoms with Gasteiger partial charge in [0.1, 0.15) is 11.6 Å². The average Bonchev–Trinajstić information content (AvgIpc) is 3.16. The lowest BCUT2D eigenvalue weighted by Gasteiger charge is -2.15. The molecule has 1 fully saturated rings. The van der Waals surface area contributed by atoms with E-state index in [1.54, 1.807) is 0 Å². The zero-order valence-corrected chi connectivity index (χ0v) is 15.0. The van der Waals surface area contributed by atoms with Crippen LogP contribution >= 0.6 is 23.4 Å². The lowest BCUT2D eigenvalue weighted by atomic mass is 10.3. The Bertz CT molecular complexity index is 990. The Balaban J connectivity index is 1.49. The number of H-pyrrole nitrogens is 1. The molecule has 4 rings (SSSR count). The summed E-state index contributed by atoms with van der Waals surface area (Å²) in [5, 5.41) is -0.624. The fraction of sp³-hybridized carbons (Fsp3) is 0.167. The highest BCUT2D eigenvalue weighted by Gasteiger charge is 2.40. The first-order chi connectivity index (χ1) is 12.5. The molecule has 3 aromatic rings. The summed E-state index contributed by atoms with van der Waals surface area (Å²) in [6.07, 6.45) is 0.0960. The first kappa shape index (κ1) is 17.1. The SMILES string of the molecule is O=C1C[C@H](SCc2nc3ccccc3[nH]2)C(=O)N1c1ccc(F)c(Cl)c1.